The van der Waals surface area contributed by atoms with E-state index < -0.39 is 32.0 Å². The Hall–Kier alpha value is -6.62. The Kier molecular flexibility index (Phi) is 14.0. The van der Waals surface area contributed by atoms with Crippen molar-refractivity contribution < 1.29 is 35.7 Å². The molecular formula is C43H40N6O8S2. The van der Waals surface area contributed by atoms with Gasteiger partial charge in [0.1, 0.15) is 0 Å². The monoisotopic (exact) mass is 832 g/mol. The largest absolute Gasteiger partial charge is 0.478 e. The number of amides is 2. The van der Waals surface area contributed by atoms with E-state index in [1.807, 2.05) is 72.8 Å². The van der Waals surface area contributed by atoms with Gasteiger partial charge in [0.25, 0.3) is 26.0 Å². The topological polar surface area (TPSA) is 206 Å². The number of azo groups is 1. The molecule has 2 heterocycles. The summed E-state index contributed by atoms with van der Waals surface area (Å²) in [6.07, 6.45) is 3.07. The SMILES string of the molecule is O=C(CCCCCOc1cc(-c2ccccc2)cc(-c2ccccc2)n1)NS(=O)(=O)c1ccc(CNC(=O)c2ccc(N=NCc3ccccc3S(=O)(=O)O)nc2)cc1. The highest BCUT2D eigenvalue weighted by molar-refractivity contribution is 7.90. The van der Waals surface area contributed by atoms with Crippen LogP contribution in [0.4, 0.5) is 5.82 Å². The van der Waals surface area contributed by atoms with Gasteiger partial charge in [0.05, 0.1) is 34.2 Å². The van der Waals surface area contributed by atoms with Crippen molar-refractivity contribution in [3.63, 3.8) is 0 Å². The molecule has 4 aromatic carbocycles. The normalized spacial score (nSPS) is 11.6. The number of nitrogens with one attached hydrogen (secondary N) is 2. The molecule has 6 rings (SSSR count). The third kappa shape index (κ3) is 12.2. The fourth-order valence-corrected chi connectivity index (χ4v) is 7.58. The Balaban J connectivity index is 0.915. The minimum Gasteiger partial charge on any atom is -0.478 e. The van der Waals surface area contributed by atoms with Crippen LogP contribution in [0, 0.1) is 0 Å². The predicted molar refractivity (Wildman–Crippen MR) is 221 cm³/mol. The van der Waals surface area contributed by atoms with Crippen molar-refractivity contribution in [2.45, 2.75) is 48.6 Å². The molecule has 0 unspecified atom stereocenters. The van der Waals surface area contributed by atoms with E-state index in [0.717, 1.165) is 22.4 Å². The first kappa shape index (κ1) is 42.0. The zero-order chi connectivity index (χ0) is 41.7. The standard InChI is InChI=1S/C43H40N6O8S2/c50-41(18-8-3-11-25-57-42-27-36(32-12-4-1-5-13-32)26-38(47-42)33-14-6-2-7-15-33)49-58(52,53)37-22-19-31(20-23-37)28-45-43(51)35-21-24-40(44-29-35)48-46-30-34-16-9-10-17-39(34)59(54,55)56/h1-2,4-7,9-10,12-17,19-24,26-27,29H,3,8,11,18,25,28,30H2,(H,45,51)(H,49,50)(H,54,55,56). The Morgan fingerprint density at radius 2 is 1.42 bits per heavy atom. The zero-order valence-corrected chi connectivity index (χ0v) is 33.3. The van der Waals surface area contributed by atoms with Crippen molar-refractivity contribution in [1.82, 2.24) is 20.0 Å². The first-order valence-electron chi connectivity index (χ1n) is 18.5. The van der Waals surface area contributed by atoms with Crippen molar-refractivity contribution in [3.05, 3.63) is 156 Å². The summed E-state index contributed by atoms with van der Waals surface area (Å²) >= 11 is 0. The molecule has 0 aliphatic carbocycles. The number of ether oxygens (including phenoxy) is 1. The van der Waals surface area contributed by atoms with Crippen LogP contribution < -0.4 is 14.8 Å². The average molecular weight is 833 g/mol. The van der Waals surface area contributed by atoms with Gasteiger partial charge in [-0.1, -0.05) is 91.0 Å². The summed E-state index contributed by atoms with van der Waals surface area (Å²) in [6, 6.07) is 38.4. The van der Waals surface area contributed by atoms with Gasteiger partial charge in [0.15, 0.2) is 5.82 Å². The summed E-state index contributed by atoms with van der Waals surface area (Å²) in [6.45, 7) is 0.349. The second-order valence-electron chi connectivity index (χ2n) is 13.2. The number of pyridine rings is 2. The average Bonchev–Trinajstić information content (AvgIpc) is 3.24. The Bertz CT molecular complexity index is 2570. The lowest BCUT2D eigenvalue weighted by molar-refractivity contribution is -0.119. The van der Waals surface area contributed by atoms with Crippen LogP contribution in [0.1, 0.15) is 47.2 Å². The predicted octanol–water partition coefficient (Wildman–Crippen LogP) is 7.72. The molecular weight excluding hydrogens is 793 g/mol. The molecule has 16 heteroatoms. The van der Waals surface area contributed by atoms with Crippen molar-refractivity contribution >= 4 is 37.8 Å². The van der Waals surface area contributed by atoms with E-state index in [1.165, 1.54) is 60.8 Å². The van der Waals surface area contributed by atoms with Crippen molar-refractivity contribution in [1.29, 1.82) is 0 Å². The molecule has 0 saturated heterocycles. The second-order valence-corrected chi connectivity index (χ2v) is 16.3. The molecule has 0 bridgehead atoms. The molecule has 0 saturated carbocycles. The number of rotatable bonds is 18. The van der Waals surface area contributed by atoms with Gasteiger partial charge in [-0.05, 0) is 77.9 Å². The van der Waals surface area contributed by atoms with Gasteiger partial charge in [0, 0.05) is 30.8 Å². The number of benzene rings is 4. The first-order valence-corrected chi connectivity index (χ1v) is 21.4. The van der Waals surface area contributed by atoms with E-state index in [2.05, 4.69) is 25.3 Å². The van der Waals surface area contributed by atoms with Gasteiger partial charge in [-0.2, -0.15) is 13.5 Å². The highest BCUT2D eigenvalue weighted by Gasteiger charge is 2.18. The molecule has 6 aromatic rings. The second kappa shape index (κ2) is 19.7. The molecule has 2 aromatic heterocycles. The molecule has 302 valence electrons. The lowest BCUT2D eigenvalue weighted by Crippen LogP contribution is -2.30. The Morgan fingerprint density at radius 1 is 0.729 bits per heavy atom. The molecule has 0 radical (unpaired) electrons. The van der Waals surface area contributed by atoms with Crippen LogP contribution in [0.2, 0.25) is 0 Å². The highest BCUT2D eigenvalue weighted by Crippen LogP contribution is 2.29. The lowest BCUT2D eigenvalue weighted by atomic mass is 10.0. The van der Waals surface area contributed by atoms with E-state index in [4.69, 9.17) is 9.72 Å². The zero-order valence-electron chi connectivity index (χ0n) is 31.6. The highest BCUT2D eigenvalue weighted by atomic mass is 32.2. The quantitative estimate of drug-likeness (QED) is 0.0437. The number of unbranched alkanes of at least 4 members (excludes halogenated alkanes) is 2. The van der Waals surface area contributed by atoms with Crippen molar-refractivity contribution in [2.75, 3.05) is 6.61 Å². The van der Waals surface area contributed by atoms with Crippen LogP contribution in [0.5, 0.6) is 5.88 Å². The maximum absolute atomic E-state index is 12.9. The molecule has 59 heavy (non-hydrogen) atoms. The van der Waals surface area contributed by atoms with E-state index >= 15 is 0 Å². The minimum atomic E-state index is -4.41. The van der Waals surface area contributed by atoms with E-state index in [-0.39, 0.29) is 46.2 Å². The Labute approximate surface area is 342 Å². The fraction of sp³-hybridized carbons (Fsp3) is 0.163. The molecule has 0 aliphatic rings. The number of aromatic nitrogens is 2. The maximum Gasteiger partial charge on any atom is 0.294 e. The van der Waals surface area contributed by atoms with Crippen LogP contribution in [0.25, 0.3) is 22.4 Å². The van der Waals surface area contributed by atoms with Gasteiger partial charge >= 0.3 is 0 Å². The van der Waals surface area contributed by atoms with Crippen LogP contribution in [-0.2, 0) is 38.0 Å². The molecule has 0 fully saturated rings. The number of hydrogen-bond acceptors (Lipinski definition) is 11. The summed E-state index contributed by atoms with van der Waals surface area (Å²) in [5.41, 5.74) is 4.91. The summed E-state index contributed by atoms with van der Waals surface area (Å²) in [5.74, 6) is -0.382. The van der Waals surface area contributed by atoms with Gasteiger partial charge in [-0.3, -0.25) is 14.1 Å². The van der Waals surface area contributed by atoms with Crippen LogP contribution in [0.3, 0.4) is 0 Å². The van der Waals surface area contributed by atoms with E-state index in [0.29, 0.717) is 37.3 Å². The van der Waals surface area contributed by atoms with Crippen LogP contribution >= 0.6 is 0 Å². The smallest absolute Gasteiger partial charge is 0.294 e. The molecule has 2 amide bonds. The summed E-state index contributed by atoms with van der Waals surface area (Å²) < 4.78 is 66.4. The fourth-order valence-electron chi connectivity index (χ4n) is 5.85. The molecule has 3 N–H and O–H groups in total. The number of nitrogens with zero attached hydrogens (tertiary/aromatic N) is 4. The van der Waals surface area contributed by atoms with E-state index in [9.17, 15) is 31.0 Å². The molecule has 0 aliphatic heterocycles. The van der Waals surface area contributed by atoms with Crippen LogP contribution in [-0.4, -0.2) is 49.8 Å². The van der Waals surface area contributed by atoms with Crippen molar-refractivity contribution in [3.8, 4) is 28.3 Å². The number of carbonyl (C=O) groups excluding carboxylic acids is 2. The summed E-state index contributed by atoms with van der Waals surface area (Å²) in [7, 11) is -8.52. The first-order chi connectivity index (χ1) is 28.4. The van der Waals surface area contributed by atoms with E-state index in [1.54, 1.807) is 6.07 Å². The molecule has 0 atom stereocenters. The third-order valence-electron chi connectivity index (χ3n) is 8.89. The lowest BCUT2D eigenvalue weighted by Gasteiger charge is -2.11. The van der Waals surface area contributed by atoms with Gasteiger partial charge < -0.3 is 10.1 Å². The summed E-state index contributed by atoms with van der Waals surface area (Å²) in [5, 5.41) is 10.6. The summed E-state index contributed by atoms with van der Waals surface area (Å²) in [4.78, 5) is 33.7. The third-order valence-corrected chi connectivity index (χ3v) is 11.2. The molecule has 14 nitrogen and oxygen atoms in total. The van der Waals surface area contributed by atoms with Crippen molar-refractivity contribution in [2.24, 2.45) is 10.2 Å². The van der Waals surface area contributed by atoms with Crippen LogP contribution in [0.15, 0.2) is 160 Å². The van der Waals surface area contributed by atoms with Gasteiger partial charge in [-0.15, -0.1) is 5.11 Å². The maximum atomic E-state index is 12.9. The number of hydrogen-bond donors (Lipinski definition) is 3. The van der Waals surface area contributed by atoms with Gasteiger partial charge in [-0.25, -0.2) is 23.1 Å². The molecule has 0 spiro atoms. The Morgan fingerprint density at radius 3 is 2.12 bits per heavy atom. The minimum absolute atomic E-state index is 0.0214. The number of sulfonamides is 1. The van der Waals surface area contributed by atoms with Gasteiger partial charge in [0.2, 0.25) is 11.8 Å². The number of carbonyl (C=O) groups is 2.